The molecule has 0 radical (unpaired) electrons. The predicted octanol–water partition coefficient (Wildman–Crippen LogP) is 1.48. The zero-order chi connectivity index (χ0) is 44.2. The molecule has 0 aliphatic carbocycles. The summed E-state index contributed by atoms with van der Waals surface area (Å²) < 4.78 is 1.59. The van der Waals surface area contributed by atoms with Crippen molar-refractivity contribution >= 4 is 29.7 Å². The van der Waals surface area contributed by atoms with Crippen molar-refractivity contribution in [3.05, 3.63) is 53.3 Å². The minimum absolute atomic E-state index is 0.0398. The van der Waals surface area contributed by atoms with E-state index in [0.717, 1.165) is 24.8 Å². The quantitative estimate of drug-likeness (QED) is 0.127. The van der Waals surface area contributed by atoms with Gasteiger partial charge in [0.1, 0.15) is 11.5 Å². The van der Waals surface area contributed by atoms with Crippen LogP contribution in [0, 0.1) is 5.92 Å². The number of amides is 2. The van der Waals surface area contributed by atoms with Crippen molar-refractivity contribution in [2.45, 2.75) is 46.0 Å². The van der Waals surface area contributed by atoms with Crippen molar-refractivity contribution in [1.29, 1.82) is 0 Å². The van der Waals surface area contributed by atoms with Crippen LogP contribution in [0.3, 0.4) is 0 Å². The van der Waals surface area contributed by atoms with Gasteiger partial charge in [-0.15, -0.1) is 10.2 Å². The number of piperidine rings is 1. The summed E-state index contributed by atoms with van der Waals surface area (Å²) >= 11 is 0. The molecule has 0 bridgehead atoms. The highest BCUT2D eigenvalue weighted by Crippen LogP contribution is 2.38. The number of carbonyl (C=O) groups excluding carboxylic acids is 2. The van der Waals surface area contributed by atoms with Crippen LogP contribution in [0.5, 0.6) is 11.5 Å². The molecule has 2 amide bonds. The molecule has 5 rings (SSSR count). The topological polar surface area (TPSA) is 245 Å². The van der Waals surface area contributed by atoms with E-state index in [0.29, 0.717) is 94.7 Å². The number of carboxylic acids is 3. The number of aliphatic carboxylic acids is 3. The highest BCUT2D eigenvalue weighted by Gasteiger charge is 2.28. The third-order valence-electron chi connectivity index (χ3n) is 11.3. The van der Waals surface area contributed by atoms with Crippen LogP contribution >= 0.6 is 0 Å². The molecule has 2 saturated heterocycles. The zero-order valence-corrected chi connectivity index (χ0v) is 35.2. The molecular formula is C42H59N9O10. The fourth-order valence-corrected chi connectivity index (χ4v) is 7.90. The van der Waals surface area contributed by atoms with E-state index in [4.69, 9.17) is 0 Å². The van der Waals surface area contributed by atoms with E-state index in [1.165, 1.54) is 6.07 Å². The largest absolute Gasteiger partial charge is 0.508 e. The van der Waals surface area contributed by atoms with Crippen molar-refractivity contribution in [2.75, 3.05) is 98.2 Å². The monoisotopic (exact) mass is 849 g/mol. The minimum atomic E-state index is -1.02. The number of rotatable bonds is 15. The molecule has 0 unspecified atom stereocenters. The highest BCUT2D eigenvalue weighted by atomic mass is 16.4. The number of aromatic hydroxyl groups is 2. The second-order valence-corrected chi connectivity index (χ2v) is 16.1. The molecule has 332 valence electrons. The standard InChI is InChI=1S/C42H59N9O10/c1-4-43-42(61)41-45-44-40(33-22-32(28(2)3)34(52)23-35(33)53)51(41)31-7-5-29(6-8-31)21-30-9-11-50(12-10-30)36(54)24-46-13-15-47(25-37(55)56)17-19-49(27-39(59)60)20-18-48(16-14-46)26-38(57)58/h5-8,22-23,28,30,52-53H,4,9-21,24-27H2,1-3H3,(H,43,61)(H,55,56)(H,57,58)(H,59,60). The summed E-state index contributed by atoms with van der Waals surface area (Å²) in [6, 6.07) is 10.7. The molecule has 1 aromatic heterocycles. The fourth-order valence-electron chi connectivity index (χ4n) is 7.90. The molecule has 0 atom stereocenters. The molecule has 61 heavy (non-hydrogen) atoms. The second-order valence-electron chi connectivity index (χ2n) is 16.1. The van der Waals surface area contributed by atoms with Crippen LogP contribution in [-0.4, -0.2) is 193 Å². The Kier molecular flexibility index (Phi) is 16.6. The van der Waals surface area contributed by atoms with E-state index in [1.807, 2.05) is 47.9 Å². The Morgan fingerprint density at radius 1 is 0.689 bits per heavy atom. The number of phenolic OH excluding ortho intramolecular Hbond substituents is 2. The minimum Gasteiger partial charge on any atom is -0.508 e. The van der Waals surface area contributed by atoms with Crippen LogP contribution in [0.15, 0.2) is 36.4 Å². The summed E-state index contributed by atoms with van der Waals surface area (Å²) in [5.74, 6) is -3.19. The van der Waals surface area contributed by atoms with E-state index in [1.54, 1.807) is 32.3 Å². The van der Waals surface area contributed by atoms with Crippen LogP contribution in [0.2, 0.25) is 0 Å². The van der Waals surface area contributed by atoms with Crippen molar-refractivity contribution in [1.82, 2.24) is 44.6 Å². The van der Waals surface area contributed by atoms with E-state index < -0.39 is 23.8 Å². The number of benzene rings is 2. The van der Waals surface area contributed by atoms with Gasteiger partial charge in [0.15, 0.2) is 5.82 Å². The second kappa shape index (κ2) is 21.8. The highest BCUT2D eigenvalue weighted by molar-refractivity contribution is 5.92. The Labute approximate surface area is 355 Å². The van der Waals surface area contributed by atoms with E-state index >= 15 is 0 Å². The van der Waals surface area contributed by atoms with Crippen LogP contribution in [0.25, 0.3) is 17.1 Å². The number of aromatic nitrogens is 3. The summed E-state index contributed by atoms with van der Waals surface area (Å²) in [5.41, 5.74) is 2.62. The molecule has 19 heteroatoms. The van der Waals surface area contributed by atoms with Gasteiger partial charge in [0, 0.05) is 83.7 Å². The van der Waals surface area contributed by atoms with Crippen LogP contribution in [-0.2, 0) is 25.6 Å². The Morgan fingerprint density at radius 2 is 1.18 bits per heavy atom. The third-order valence-corrected chi connectivity index (χ3v) is 11.3. The predicted molar refractivity (Wildman–Crippen MR) is 224 cm³/mol. The van der Waals surface area contributed by atoms with E-state index in [2.05, 4.69) is 15.5 Å². The maximum atomic E-state index is 13.7. The first-order valence-corrected chi connectivity index (χ1v) is 20.8. The molecule has 2 aromatic carbocycles. The lowest BCUT2D eigenvalue weighted by Crippen LogP contribution is -2.50. The first kappa shape index (κ1) is 46.4. The van der Waals surface area contributed by atoms with Crippen LogP contribution in [0.1, 0.15) is 61.3 Å². The van der Waals surface area contributed by atoms with Crippen molar-refractivity contribution in [3.63, 3.8) is 0 Å². The molecule has 2 aliphatic rings. The lowest BCUT2D eigenvalue weighted by molar-refractivity contribution is -0.141. The van der Waals surface area contributed by atoms with Gasteiger partial charge in [-0.2, -0.15) is 0 Å². The molecule has 19 nitrogen and oxygen atoms in total. The van der Waals surface area contributed by atoms with Crippen molar-refractivity contribution in [3.8, 4) is 28.6 Å². The van der Waals surface area contributed by atoms with Gasteiger partial charge in [-0.25, -0.2) is 0 Å². The molecule has 3 heterocycles. The lowest BCUT2D eigenvalue weighted by Gasteiger charge is -2.35. The van der Waals surface area contributed by atoms with Gasteiger partial charge in [0.2, 0.25) is 11.7 Å². The number of carbonyl (C=O) groups is 5. The molecule has 2 fully saturated rings. The van der Waals surface area contributed by atoms with Gasteiger partial charge in [-0.1, -0.05) is 26.0 Å². The smallest absolute Gasteiger partial charge is 0.317 e. The third kappa shape index (κ3) is 13.2. The van der Waals surface area contributed by atoms with Gasteiger partial charge in [-0.3, -0.25) is 48.1 Å². The molecule has 3 aromatic rings. The van der Waals surface area contributed by atoms with Gasteiger partial charge < -0.3 is 35.7 Å². The van der Waals surface area contributed by atoms with Crippen molar-refractivity contribution in [2.24, 2.45) is 5.92 Å². The number of nitrogens with zero attached hydrogens (tertiary/aromatic N) is 8. The van der Waals surface area contributed by atoms with E-state index in [-0.39, 0.29) is 61.2 Å². The maximum Gasteiger partial charge on any atom is 0.317 e. The average molecular weight is 850 g/mol. The first-order valence-electron chi connectivity index (χ1n) is 20.8. The summed E-state index contributed by atoms with van der Waals surface area (Å²) in [5, 5.41) is 61.1. The van der Waals surface area contributed by atoms with Gasteiger partial charge >= 0.3 is 17.9 Å². The normalized spacial score (nSPS) is 17.1. The molecular weight excluding hydrogens is 791 g/mol. The summed E-state index contributed by atoms with van der Waals surface area (Å²) in [4.78, 5) is 70.6. The number of carboxylic acid groups (broad SMARTS) is 3. The van der Waals surface area contributed by atoms with Crippen LogP contribution < -0.4 is 5.32 Å². The summed E-state index contributed by atoms with van der Waals surface area (Å²) in [6.45, 7) is 9.19. The SMILES string of the molecule is CCNC(=O)c1nnc(-c2cc(C(C)C)c(O)cc2O)n1-c1ccc(CC2CCN(C(=O)CN3CCN(CC(=O)O)CCN(CC(=O)O)CCN(CC(=O)O)CC3)CC2)cc1. The Bertz CT molecular complexity index is 1970. The number of likely N-dealkylation sites (tertiary alicyclic amines) is 1. The lowest BCUT2D eigenvalue weighted by atomic mass is 9.90. The number of hydrogen-bond acceptors (Lipinski definition) is 13. The molecule has 2 aliphatic heterocycles. The Morgan fingerprint density at radius 3 is 1.64 bits per heavy atom. The average Bonchev–Trinajstić information content (AvgIpc) is 3.64. The number of nitrogens with one attached hydrogen (secondary N) is 1. The Balaban J connectivity index is 1.23. The fraction of sp³-hybridized carbons (Fsp3) is 0.548. The van der Waals surface area contributed by atoms with Gasteiger partial charge in [-0.05, 0) is 67.3 Å². The number of phenols is 2. The Hall–Kier alpha value is -5.63. The molecule has 0 spiro atoms. The van der Waals surface area contributed by atoms with E-state index in [9.17, 15) is 49.5 Å². The molecule has 6 N–H and O–H groups in total. The van der Waals surface area contributed by atoms with Crippen LogP contribution in [0.4, 0.5) is 0 Å². The zero-order valence-electron chi connectivity index (χ0n) is 35.2. The molecule has 0 saturated carbocycles. The maximum absolute atomic E-state index is 13.7. The summed E-state index contributed by atoms with van der Waals surface area (Å²) in [7, 11) is 0. The first-order chi connectivity index (χ1) is 29.1. The van der Waals surface area contributed by atoms with Gasteiger partial charge in [0.25, 0.3) is 5.91 Å². The van der Waals surface area contributed by atoms with Crippen molar-refractivity contribution < 1.29 is 49.5 Å². The summed E-state index contributed by atoms with van der Waals surface area (Å²) in [6.07, 6.45) is 2.34. The van der Waals surface area contributed by atoms with Gasteiger partial charge in [0.05, 0.1) is 31.7 Å². The number of hydrogen-bond donors (Lipinski definition) is 6.